The van der Waals surface area contributed by atoms with Crippen molar-refractivity contribution < 1.29 is 4.79 Å². The van der Waals surface area contributed by atoms with Crippen LogP contribution < -0.4 is 0 Å². The molecule has 2 aliphatic rings. The second-order valence-corrected chi connectivity index (χ2v) is 5.78. The number of fused-ring (bicyclic) bond motifs is 1. The molecule has 15 heavy (non-hydrogen) atoms. The van der Waals surface area contributed by atoms with Gasteiger partial charge in [0.05, 0.1) is 0 Å². The van der Waals surface area contributed by atoms with Gasteiger partial charge >= 0.3 is 0 Å². The summed E-state index contributed by atoms with van der Waals surface area (Å²) in [5, 5.41) is 0. The summed E-state index contributed by atoms with van der Waals surface area (Å²) in [6.45, 7) is 6.43. The van der Waals surface area contributed by atoms with Crippen molar-refractivity contribution in [3.63, 3.8) is 0 Å². The van der Waals surface area contributed by atoms with Crippen molar-refractivity contribution in [2.75, 3.05) is 0 Å². The Morgan fingerprint density at radius 2 is 2.20 bits per heavy atom. The lowest BCUT2D eigenvalue weighted by Gasteiger charge is -2.47. The first-order valence-electron chi connectivity index (χ1n) is 6.20. The third kappa shape index (κ3) is 1.89. The lowest BCUT2D eigenvalue weighted by molar-refractivity contribution is -0.123. The molecule has 0 bridgehead atoms. The molecule has 84 valence electrons. The van der Waals surface area contributed by atoms with Crippen LogP contribution in [0, 0.1) is 17.3 Å². The molecule has 0 heterocycles. The quantitative estimate of drug-likeness (QED) is 0.597. The van der Waals surface area contributed by atoms with Gasteiger partial charge in [-0.15, -0.1) is 0 Å². The van der Waals surface area contributed by atoms with E-state index < -0.39 is 0 Å². The Bertz CT molecular complexity index is 302. The summed E-state index contributed by atoms with van der Waals surface area (Å²) in [4.78, 5) is 11.5. The Kier molecular flexibility index (Phi) is 2.74. The van der Waals surface area contributed by atoms with Crippen molar-refractivity contribution in [1.29, 1.82) is 0 Å². The SMILES string of the molecule is CC(=O)C1CCC2(C)CCC=C(C)C2C1. The van der Waals surface area contributed by atoms with E-state index in [2.05, 4.69) is 19.9 Å². The second-order valence-electron chi connectivity index (χ2n) is 5.78. The average molecular weight is 206 g/mol. The fraction of sp³-hybridized carbons (Fsp3) is 0.786. The van der Waals surface area contributed by atoms with Crippen LogP contribution >= 0.6 is 0 Å². The standard InChI is InChI=1S/C14H22O/c1-10-5-4-7-14(3)8-6-12(11(2)15)9-13(10)14/h5,12-13H,4,6-9H2,1-3H3. The summed E-state index contributed by atoms with van der Waals surface area (Å²) in [7, 11) is 0. The summed E-state index contributed by atoms with van der Waals surface area (Å²) in [5.41, 5.74) is 2.03. The van der Waals surface area contributed by atoms with Gasteiger partial charge in [0.1, 0.15) is 5.78 Å². The molecule has 0 saturated heterocycles. The maximum atomic E-state index is 11.5. The minimum atomic E-state index is 0.338. The Balaban J connectivity index is 2.19. The highest BCUT2D eigenvalue weighted by molar-refractivity contribution is 5.78. The molecule has 0 aromatic heterocycles. The van der Waals surface area contributed by atoms with Gasteiger partial charge in [0.15, 0.2) is 0 Å². The van der Waals surface area contributed by atoms with Gasteiger partial charge in [0.2, 0.25) is 0 Å². The number of allylic oxidation sites excluding steroid dienone is 2. The minimum absolute atomic E-state index is 0.338. The molecule has 0 aromatic rings. The van der Waals surface area contributed by atoms with Crippen molar-refractivity contribution in [1.82, 2.24) is 0 Å². The van der Waals surface area contributed by atoms with Gasteiger partial charge in [-0.3, -0.25) is 4.79 Å². The van der Waals surface area contributed by atoms with Gasteiger partial charge in [-0.25, -0.2) is 0 Å². The van der Waals surface area contributed by atoms with Crippen molar-refractivity contribution in [3.05, 3.63) is 11.6 Å². The predicted octanol–water partition coefficient (Wildman–Crippen LogP) is 3.74. The highest BCUT2D eigenvalue weighted by atomic mass is 16.1. The van der Waals surface area contributed by atoms with Crippen LogP contribution in [0.4, 0.5) is 0 Å². The predicted molar refractivity (Wildman–Crippen MR) is 62.6 cm³/mol. The number of carbonyl (C=O) groups excluding carboxylic acids is 1. The van der Waals surface area contributed by atoms with Crippen LogP contribution in [0.15, 0.2) is 11.6 Å². The summed E-state index contributed by atoms with van der Waals surface area (Å²) in [6.07, 6.45) is 8.41. The van der Waals surface area contributed by atoms with E-state index in [4.69, 9.17) is 0 Å². The van der Waals surface area contributed by atoms with E-state index in [1.807, 2.05) is 0 Å². The first-order chi connectivity index (χ1) is 7.03. The first-order valence-corrected chi connectivity index (χ1v) is 6.20. The molecule has 1 fully saturated rings. The van der Waals surface area contributed by atoms with Gasteiger partial charge in [-0.05, 0) is 57.3 Å². The zero-order valence-corrected chi connectivity index (χ0v) is 10.2. The molecule has 1 heteroatoms. The minimum Gasteiger partial charge on any atom is -0.300 e. The molecule has 0 N–H and O–H groups in total. The molecule has 0 radical (unpaired) electrons. The number of hydrogen-bond donors (Lipinski definition) is 0. The van der Waals surface area contributed by atoms with E-state index in [9.17, 15) is 4.79 Å². The summed E-state index contributed by atoms with van der Waals surface area (Å²) in [6, 6.07) is 0. The number of Topliss-reactive ketones (excluding diaryl/α,β-unsaturated/α-hetero) is 1. The Labute approximate surface area is 92.9 Å². The summed E-state index contributed by atoms with van der Waals surface area (Å²) in [5.74, 6) is 1.41. The van der Waals surface area contributed by atoms with Crippen LogP contribution in [0.1, 0.15) is 52.9 Å². The zero-order valence-electron chi connectivity index (χ0n) is 10.2. The molecule has 0 spiro atoms. The number of rotatable bonds is 1. The van der Waals surface area contributed by atoms with Crippen molar-refractivity contribution in [2.24, 2.45) is 17.3 Å². The molecule has 3 atom stereocenters. The highest BCUT2D eigenvalue weighted by Gasteiger charge is 2.42. The molecule has 0 aliphatic heterocycles. The number of ketones is 1. The van der Waals surface area contributed by atoms with Gasteiger partial charge in [0, 0.05) is 5.92 Å². The van der Waals surface area contributed by atoms with E-state index in [1.165, 1.54) is 24.8 Å². The second kappa shape index (κ2) is 3.77. The van der Waals surface area contributed by atoms with Crippen LogP contribution in [0.3, 0.4) is 0 Å². The fourth-order valence-corrected chi connectivity index (χ4v) is 3.54. The molecule has 0 amide bonds. The molecule has 2 rings (SSSR count). The molecule has 1 nitrogen and oxygen atoms in total. The topological polar surface area (TPSA) is 17.1 Å². The highest BCUT2D eigenvalue weighted by Crippen LogP contribution is 2.51. The summed E-state index contributed by atoms with van der Waals surface area (Å²) < 4.78 is 0. The lowest BCUT2D eigenvalue weighted by atomic mass is 9.58. The maximum Gasteiger partial charge on any atom is 0.132 e. The molecule has 3 unspecified atom stereocenters. The molecular weight excluding hydrogens is 184 g/mol. The molecular formula is C14H22O. The third-order valence-corrected chi connectivity index (χ3v) is 4.73. The lowest BCUT2D eigenvalue weighted by Crippen LogP contribution is -2.38. The Morgan fingerprint density at radius 1 is 1.47 bits per heavy atom. The van der Waals surface area contributed by atoms with E-state index in [0.29, 0.717) is 23.0 Å². The number of carbonyl (C=O) groups is 1. The smallest absolute Gasteiger partial charge is 0.132 e. The maximum absolute atomic E-state index is 11.5. The first kappa shape index (κ1) is 10.9. The van der Waals surface area contributed by atoms with Crippen LogP contribution in [0.2, 0.25) is 0 Å². The van der Waals surface area contributed by atoms with Crippen molar-refractivity contribution in [3.8, 4) is 0 Å². The van der Waals surface area contributed by atoms with Crippen LogP contribution in [-0.4, -0.2) is 5.78 Å². The van der Waals surface area contributed by atoms with Gasteiger partial charge in [-0.1, -0.05) is 18.6 Å². The van der Waals surface area contributed by atoms with Crippen molar-refractivity contribution in [2.45, 2.75) is 52.9 Å². The Hall–Kier alpha value is -0.590. The van der Waals surface area contributed by atoms with Crippen LogP contribution in [0.5, 0.6) is 0 Å². The molecule has 0 aromatic carbocycles. The normalized spacial score (nSPS) is 40.6. The zero-order chi connectivity index (χ0) is 11.1. The third-order valence-electron chi connectivity index (χ3n) is 4.73. The van der Waals surface area contributed by atoms with E-state index in [0.717, 1.165) is 12.8 Å². The van der Waals surface area contributed by atoms with E-state index in [1.54, 1.807) is 6.92 Å². The molecule has 2 aliphatic carbocycles. The summed E-state index contributed by atoms with van der Waals surface area (Å²) >= 11 is 0. The van der Waals surface area contributed by atoms with Crippen LogP contribution in [-0.2, 0) is 4.79 Å². The van der Waals surface area contributed by atoms with Gasteiger partial charge in [-0.2, -0.15) is 0 Å². The fourth-order valence-electron chi connectivity index (χ4n) is 3.54. The van der Waals surface area contributed by atoms with Crippen LogP contribution in [0.25, 0.3) is 0 Å². The van der Waals surface area contributed by atoms with E-state index in [-0.39, 0.29) is 0 Å². The molecule has 1 saturated carbocycles. The average Bonchev–Trinajstić information content (AvgIpc) is 2.17. The van der Waals surface area contributed by atoms with Gasteiger partial charge in [0.25, 0.3) is 0 Å². The monoisotopic (exact) mass is 206 g/mol. The number of hydrogen-bond acceptors (Lipinski definition) is 1. The largest absolute Gasteiger partial charge is 0.300 e. The Morgan fingerprint density at radius 3 is 2.87 bits per heavy atom. The van der Waals surface area contributed by atoms with E-state index >= 15 is 0 Å². The van der Waals surface area contributed by atoms with Crippen molar-refractivity contribution >= 4 is 5.78 Å². The van der Waals surface area contributed by atoms with Gasteiger partial charge < -0.3 is 0 Å².